The van der Waals surface area contributed by atoms with Gasteiger partial charge in [0.05, 0.1) is 0 Å². The molecule has 0 aromatic rings. The number of hydrogen-bond donors (Lipinski definition) is 0. The van der Waals surface area contributed by atoms with E-state index >= 15 is 0 Å². The SMILES string of the molecule is BrCC[Te+2]CCBr.CCC(=O)[O-].CCC(=O)[O-]. The van der Waals surface area contributed by atoms with Crippen molar-refractivity contribution in [3.05, 3.63) is 0 Å². The first-order chi connectivity index (χ1) is 7.95. The van der Waals surface area contributed by atoms with Crippen LogP contribution < -0.4 is 10.2 Å². The Hall–Kier alpha value is 0.690. The van der Waals surface area contributed by atoms with Crippen molar-refractivity contribution >= 4 is 64.7 Å². The number of rotatable bonds is 6. The second-order valence-corrected chi connectivity index (χ2v) is 7.52. The summed E-state index contributed by atoms with van der Waals surface area (Å²) in [5.41, 5.74) is 0. The zero-order valence-electron chi connectivity index (χ0n) is 10.0. The fourth-order valence-electron chi connectivity index (χ4n) is 0.211. The fourth-order valence-corrected chi connectivity index (χ4v) is 4.49. The maximum atomic E-state index is 9.26. The molecule has 0 atom stereocenters. The zero-order chi connectivity index (χ0) is 14.1. The Morgan fingerprint density at radius 3 is 1.29 bits per heavy atom. The molecule has 0 aromatic heterocycles. The van der Waals surface area contributed by atoms with E-state index in [2.05, 4.69) is 31.9 Å². The quantitative estimate of drug-likeness (QED) is 0.311. The first-order valence-corrected chi connectivity index (χ1v) is 10.6. The number of carbonyl (C=O) groups excluding carboxylic acids is 2. The second-order valence-electron chi connectivity index (χ2n) is 2.44. The number of alkyl halides is 2. The van der Waals surface area contributed by atoms with Crippen molar-refractivity contribution in [1.29, 1.82) is 0 Å². The third-order valence-electron chi connectivity index (χ3n) is 1.02. The zero-order valence-corrected chi connectivity index (χ0v) is 15.5. The maximum absolute atomic E-state index is 9.26. The van der Waals surface area contributed by atoms with Gasteiger partial charge < -0.3 is 19.8 Å². The summed E-state index contributed by atoms with van der Waals surface area (Å²) in [6, 6.07) is 0. The topological polar surface area (TPSA) is 80.3 Å². The molecule has 0 amide bonds. The van der Waals surface area contributed by atoms with E-state index in [9.17, 15) is 19.8 Å². The Kier molecular flexibility index (Phi) is 29.4. The minimum absolute atomic E-state index is 0.111. The molecule has 2 radical (unpaired) electrons. The van der Waals surface area contributed by atoms with Crippen LogP contribution in [0.5, 0.6) is 0 Å². The Bertz CT molecular complexity index is 162. The van der Waals surface area contributed by atoms with Crippen LogP contribution in [0.4, 0.5) is 0 Å². The van der Waals surface area contributed by atoms with Gasteiger partial charge in [-0.05, 0) is 12.8 Å². The number of carboxylic acid groups (broad SMARTS) is 2. The van der Waals surface area contributed by atoms with Gasteiger partial charge in [0, 0.05) is 11.9 Å². The summed E-state index contributed by atoms with van der Waals surface area (Å²) < 4.78 is 2.88. The van der Waals surface area contributed by atoms with E-state index in [1.165, 1.54) is 33.4 Å². The molecule has 0 saturated heterocycles. The monoisotopic (exact) mass is 490 g/mol. The Morgan fingerprint density at radius 1 is 0.941 bits per heavy atom. The van der Waals surface area contributed by atoms with Crippen LogP contribution in [0.25, 0.3) is 0 Å². The van der Waals surface area contributed by atoms with Gasteiger partial charge in [0.25, 0.3) is 0 Å². The standard InChI is InChI=1S/C4H8Br2Te.2C3H6O2/c5-1-3-7-4-2-6;2*1-2-3(4)5/h1-4H2;2*2H2,1H3,(H,4,5)/q+2;;/p-2. The van der Waals surface area contributed by atoms with Crippen LogP contribution in [-0.4, -0.2) is 43.5 Å². The van der Waals surface area contributed by atoms with Crippen molar-refractivity contribution in [2.45, 2.75) is 35.6 Å². The van der Waals surface area contributed by atoms with E-state index in [-0.39, 0.29) is 12.8 Å². The number of carbonyl (C=O) groups is 2. The average molecular weight is 490 g/mol. The summed E-state index contributed by atoms with van der Waals surface area (Å²) in [7, 11) is 0. The Labute approximate surface area is 130 Å². The van der Waals surface area contributed by atoms with Crippen LogP contribution in [0, 0.1) is 0 Å². The minimum Gasteiger partial charge on any atom is -0.550 e. The van der Waals surface area contributed by atoms with Crippen LogP contribution in [0.1, 0.15) is 26.7 Å². The van der Waals surface area contributed by atoms with E-state index < -0.39 is 11.9 Å². The van der Waals surface area contributed by atoms with E-state index in [4.69, 9.17) is 0 Å². The van der Waals surface area contributed by atoms with Crippen molar-refractivity contribution < 1.29 is 19.8 Å². The normalized spacial score (nSPS) is 8.24. The van der Waals surface area contributed by atoms with Gasteiger partial charge in [0.15, 0.2) is 0 Å². The molecule has 7 heteroatoms. The van der Waals surface area contributed by atoms with Crippen molar-refractivity contribution in [3.8, 4) is 0 Å². The molecule has 0 bridgehead atoms. The van der Waals surface area contributed by atoms with E-state index in [0.717, 1.165) is 0 Å². The van der Waals surface area contributed by atoms with E-state index in [0.29, 0.717) is 20.9 Å². The molecule has 17 heavy (non-hydrogen) atoms. The first kappa shape index (κ1) is 22.8. The summed E-state index contributed by atoms with van der Waals surface area (Å²) in [6.07, 6.45) is 0.222. The third-order valence-corrected chi connectivity index (χ3v) is 7.89. The molecule has 0 aliphatic rings. The van der Waals surface area contributed by atoms with Crippen LogP contribution in [0.3, 0.4) is 0 Å². The Morgan fingerprint density at radius 2 is 1.18 bits per heavy atom. The molecule has 0 unspecified atom stereocenters. The number of aliphatic carboxylic acids is 2. The molecule has 0 N–H and O–H groups in total. The van der Waals surface area contributed by atoms with Gasteiger partial charge in [0.2, 0.25) is 0 Å². The van der Waals surface area contributed by atoms with E-state index in [1.807, 2.05) is 0 Å². The number of halogens is 2. The predicted octanol–water partition coefficient (Wildman–Crippen LogP) is 0.610. The van der Waals surface area contributed by atoms with Crippen LogP contribution in [-0.2, 0) is 9.59 Å². The van der Waals surface area contributed by atoms with Crippen LogP contribution >= 0.6 is 31.9 Å². The molecule has 0 fully saturated rings. The molecule has 0 aliphatic carbocycles. The first-order valence-electron chi connectivity index (χ1n) is 5.05. The van der Waals surface area contributed by atoms with Crippen LogP contribution in [0.2, 0.25) is 8.94 Å². The molecular formula is C10H18Br2O4Te. The van der Waals surface area contributed by atoms with E-state index in [1.54, 1.807) is 0 Å². The Balaban J connectivity index is -0.000000177. The van der Waals surface area contributed by atoms with Crippen molar-refractivity contribution in [3.63, 3.8) is 0 Å². The van der Waals surface area contributed by atoms with Crippen LogP contribution in [0.15, 0.2) is 0 Å². The van der Waals surface area contributed by atoms with Crippen molar-refractivity contribution in [2.75, 3.05) is 10.7 Å². The van der Waals surface area contributed by atoms with Gasteiger partial charge in [-0.3, -0.25) is 0 Å². The second kappa shape index (κ2) is 21.9. The number of hydrogen-bond acceptors (Lipinski definition) is 4. The minimum atomic E-state index is -0.995. The molecule has 102 valence electrons. The summed E-state index contributed by atoms with van der Waals surface area (Å²) in [6.45, 7) is 3.07. The molecule has 0 spiro atoms. The third kappa shape index (κ3) is 47.7. The van der Waals surface area contributed by atoms with Gasteiger partial charge in [-0.2, -0.15) is 0 Å². The summed E-state index contributed by atoms with van der Waals surface area (Å²) in [5.74, 6) is -1.99. The smallest absolute Gasteiger partial charge is 0.0411 e. The molecule has 0 saturated carbocycles. The van der Waals surface area contributed by atoms with Gasteiger partial charge >= 0.3 is 72.4 Å². The largest absolute Gasteiger partial charge is 0.550 e. The summed E-state index contributed by atoms with van der Waals surface area (Å²) in [5, 5.41) is 20.9. The van der Waals surface area contributed by atoms with Gasteiger partial charge in [-0.25, -0.2) is 0 Å². The predicted molar refractivity (Wildman–Crippen MR) is 73.6 cm³/mol. The molecular weight excluding hydrogens is 472 g/mol. The van der Waals surface area contributed by atoms with Gasteiger partial charge in [-0.15, -0.1) is 0 Å². The number of carboxylic acids is 2. The van der Waals surface area contributed by atoms with Crippen molar-refractivity contribution in [1.82, 2.24) is 0 Å². The maximum Gasteiger partial charge on any atom is 0.0411 e. The van der Waals surface area contributed by atoms with Crippen molar-refractivity contribution in [2.24, 2.45) is 0 Å². The molecule has 0 aromatic carbocycles. The summed E-state index contributed by atoms with van der Waals surface area (Å²) >= 11 is 7.18. The molecule has 0 heterocycles. The molecule has 4 nitrogen and oxygen atoms in total. The van der Waals surface area contributed by atoms with Gasteiger partial charge in [-0.1, -0.05) is 13.8 Å². The van der Waals surface area contributed by atoms with Gasteiger partial charge in [0.1, 0.15) is 0 Å². The molecule has 0 rings (SSSR count). The fraction of sp³-hybridized carbons (Fsp3) is 0.800. The average Bonchev–Trinajstić information content (AvgIpc) is 2.31. The molecule has 0 aliphatic heterocycles. The summed E-state index contributed by atoms with van der Waals surface area (Å²) in [4.78, 5) is 18.5.